The molecule has 2 rings (SSSR count). The van der Waals surface area contributed by atoms with E-state index >= 15 is 0 Å². The van der Waals surface area contributed by atoms with Crippen molar-refractivity contribution < 1.29 is 23.1 Å². The summed E-state index contributed by atoms with van der Waals surface area (Å²) in [7, 11) is 0. The summed E-state index contributed by atoms with van der Waals surface area (Å²) in [6, 6.07) is 5.14. The minimum atomic E-state index is -4.33. The van der Waals surface area contributed by atoms with Gasteiger partial charge in [0.1, 0.15) is 0 Å². The van der Waals surface area contributed by atoms with Crippen molar-refractivity contribution >= 4 is 17.7 Å². The minimum absolute atomic E-state index is 0.106. The van der Waals surface area contributed by atoms with E-state index in [2.05, 4.69) is 0 Å². The highest BCUT2D eigenvalue weighted by atomic mass is 32.2. The molecule has 1 aliphatic rings. The first-order valence-corrected chi connectivity index (χ1v) is 6.31. The highest BCUT2D eigenvalue weighted by molar-refractivity contribution is 8.00. The Labute approximate surface area is 106 Å². The highest BCUT2D eigenvalue weighted by Crippen LogP contribution is 2.41. The fraction of sp³-hybridized carbons (Fsp3) is 0.417. The summed E-state index contributed by atoms with van der Waals surface area (Å²) in [6.45, 7) is 0. The first kappa shape index (κ1) is 13.3. The van der Waals surface area contributed by atoms with Crippen LogP contribution in [0.15, 0.2) is 29.2 Å². The number of hydrogen-bond donors (Lipinski definition) is 1. The van der Waals surface area contributed by atoms with E-state index in [1.807, 2.05) is 0 Å². The van der Waals surface area contributed by atoms with E-state index in [9.17, 15) is 18.0 Å². The second kappa shape index (κ2) is 4.84. The fourth-order valence-corrected chi connectivity index (χ4v) is 3.20. The second-order valence-corrected chi connectivity index (χ2v) is 5.65. The Kier molecular flexibility index (Phi) is 3.56. The lowest BCUT2D eigenvalue weighted by Gasteiger charge is -2.31. The molecule has 1 aromatic rings. The third-order valence-corrected chi connectivity index (χ3v) is 4.15. The smallest absolute Gasteiger partial charge is 0.416 e. The molecule has 0 heterocycles. The van der Waals surface area contributed by atoms with Crippen LogP contribution in [0.3, 0.4) is 0 Å². The molecule has 0 aromatic heterocycles. The summed E-state index contributed by atoms with van der Waals surface area (Å²) in [6.07, 6.45) is -3.29. The molecule has 0 atom stereocenters. The van der Waals surface area contributed by atoms with Crippen molar-refractivity contribution in [2.45, 2.75) is 29.2 Å². The topological polar surface area (TPSA) is 37.3 Å². The quantitative estimate of drug-likeness (QED) is 0.915. The highest BCUT2D eigenvalue weighted by Gasteiger charge is 2.35. The summed E-state index contributed by atoms with van der Waals surface area (Å²) in [5, 5.41) is 8.82. The number of hydrogen-bond acceptors (Lipinski definition) is 2. The van der Waals surface area contributed by atoms with Crippen LogP contribution >= 0.6 is 11.8 Å². The molecular formula is C12H11F3O2S. The number of carbonyl (C=O) groups is 1. The SMILES string of the molecule is O=C(O)C1CC(Sc2cccc(C(F)(F)F)c2)C1. The van der Waals surface area contributed by atoms with Gasteiger partial charge in [-0.1, -0.05) is 6.07 Å². The summed E-state index contributed by atoms with van der Waals surface area (Å²) in [5.41, 5.74) is -0.665. The average Bonchev–Trinajstić information content (AvgIpc) is 2.21. The Morgan fingerprint density at radius 2 is 2.00 bits per heavy atom. The van der Waals surface area contributed by atoms with Gasteiger partial charge in [0.25, 0.3) is 0 Å². The maximum Gasteiger partial charge on any atom is 0.416 e. The van der Waals surface area contributed by atoms with E-state index in [-0.39, 0.29) is 11.2 Å². The van der Waals surface area contributed by atoms with Crippen molar-refractivity contribution in [3.8, 4) is 0 Å². The van der Waals surface area contributed by atoms with Gasteiger partial charge in [-0.25, -0.2) is 0 Å². The molecule has 1 aromatic carbocycles. The molecule has 0 aliphatic heterocycles. The van der Waals surface area contributed by atoms with Crippen LogP contribution < -0.4 is 0 Å². The Balaban J connectivity index is 1.97. The number of halogens is 3. The van der Waals surface area contributed by atoms with Gasteiger partial charge in [0.15, 0.2) is 0 Å². The molecule has 1 N–H and O–H groups in total. The van der Waals surface area contributed by atoms with Crippen molar-refractivity contribution in [2.24, 2.45) is 5.92 Å². The standard InChI is InChI=1S/C12H11F3O2S/c13-12(14,15)8-2-1-3-9(6-8)18-10-4-7(5-10)11(16)17/h1-3,6-7,10H,4-5H2,(H,16,17). The van der Waals surface area contributed by atoms with E-state index < -0.39 is 17.7 Å². The summed E-state index contributed by atoms with van der Waals surface area (Å²) in [4.78, 5) is 11.1. The van der Waals surface area contributed by atoms with Crippen molar-refractivity contribution in [1.29, 1.82) is 0 Å². The number of carboxylic acid groups (broad SMARTS) is 1. The van der Waals surface area contributed by atoms with E-state index in [0.717, 1.165) is 12.1 Å². The molecule has 1 fully saturated rings. The van der Waals surface area contributed by atoms with Crippen LogP contribution in [0, 0.1) is 5.92 Å². The third-order valence-electron chi connectivity index (χ3n) is 2.91. The maximum atomic E-state index is 12.5. The van der Waals surface area contributed by atoms with Crippen LogP contribution in [0.2, 0.25) is 0 Å². The van der Waals surface area contributed by atoms with Gasteiger partial charge in [0.05, 0.1) is 11.5 Å². The number of thioether (sulfide) groups is 1. The van der Waals surface area contributed by atoms with E-state index in [4.69, 9.17) is 5.11 Å². The molecular weight excluding hydrogens is 265 g/mol. The molecule has 1 saturated carbocycles. The Morgan fingerprint density at radius 3 is 2.56 bits per heavy atom. The Bertz CT molecular complexity index is 453. The molecule has 0 radical (unpaired) electrons. The molecule has 1 aliphatic carbocycles. The van der Waals surface area contributed by atoms with E-state index in [1.54, 1.807) is 6.07 Å². The zero-order valence-electron chi connectivity index (χ0n) is 9.28. The summed E-state index contributed by atoms with van der Waals surface area (Å²) >= 11 is 1.32. The molecule has 0 saturated heterocycles. The van der Waals surface area contributed by atoms with Gasteiger partial charge >= 0.3 is 12.1 Å². The van der Waals surface area contributed by atoms with Gasteiger partial charge < -0.3 is 5.11 Å². The van der Waals surface area contributed by atoms with Crippen molar-refractivity contribution in [2.75, 3.05) is 0 Å². The van der Waals surface area contributed by atoms with Gasteiger partial charge in [-0.2, -0.15) is 13.2 Å². The zero-order chi connectivity index (χ0) is 13.3. The number of alkyl halides is 3. The van der Waals surface area contributed by atoms with Crippen LogP contribution in [0.4, 0.5) is 13.2 Å². The number of carboxylic acids is 1. The molecule has 0 bridgehead atoms. The molecule has 2 nitrogen and oxygen atoms in total. The Hall–Kier alpha value is -1.17. The van der Waals surface area contributed by atoms with Gasteiger partial charge in [-0.15, -0.1) is 11.8 Å². The lowest BCUT2D eigenvalue weighted by molar-refractivity contribution is -0.144. The summed E-state index contributed by atoms with van der Waals surface area (Å²) < 4.78 is 37.4. The molecule has 0 spiro atoms. The van der Waals surface area contributed by atoms with Crippen molar-refractivity contribution in [3.63, 3.8) is 0 Å². The number of benzene rings is 1. The maximum absolute atomic E-state index is 12.5. The van der Waals surface area contributed by atoms with E-state index in [1.165, 1.54) is 17.8 Å². The zero-order valence-corrected chi connectivity index (χ0v) is 10.1. The van der Waals surface area contributed by atoms with Crippen LogP contribution in [-0.2, 0) is 11.0 Å². The van der Waals surface area contributed by atoms with Crippen LogP contribution in [0.1, 0.15) is 18.4 Å². The Morgan fingerprint density at radius 1 is 1.33 bits per heavy atom. The lowest BCUT2D eigenvalue weighted by atomic mass is 9.85. The minimum Gasteiger partial charge on any atom is -0.481 e. The molecule has 0 amide bonds. The molecule has 6 heteroatoms. The van der Waals surface area contributed by atoms with Crippen LogP contribution in [0.5, 0.6) is 0 Å². The monoisotopic (exact) mass is 276 g/mol. The van der Waals surface area contributed by atoms with Crippen molar-refractivity contribution in [3.05, 3.63) is 29.8 Å². The van der Waals surface area contributed by atoms with Crippen LogP contribution in [0.25, 0.3) is 0 Å². The lowest BCUT2D eigenvalue weighted by Crippen LogP contribution is -2.32. The molecule has 0 unspecified atom stereocenters. The largest absolute Gasteiger partial charge is 0.481 e. The average molecular weight is 276 g/mol. The van der Waals surface area contributed by atoms with Crippen LogP contribution in [-0.4, -0.2) is 16.3 Å². The van der Waals surface area contributed by atoms with Gasteiger partial charge in [-0.05, 0) is 31.0 Å². The van der Waals surface area contributed by atoms with Gasteiger partial charge in [0.2, 0.25) is 0 Å². The third kappa shape index (κ3) is 2.98. The summed E-state index contributed by atoms with van der Waals surface area (Å²) in [5.74, 6) is -1.16. The number of rotatable bonds is 3. The van der Waals surface area contributed by atoms with Crippen molar-refractivity contribution in [1.82, 2.24) is 0 Å². The normalized spacial score (nSPS) is 23.5. The first-order chi connectivity index (χ1) is 8.36. The predicted octanol–water partition coefficient (Wildman–Crippen LogP) is 3.66. The van der Waals surface area contributed by atoms with E-state index in [0.29, 0.717) is 17.7 Å². The first-order valence-electron chi connectivity index (χ1n) is 5.43. The molecule has 98 valence electrons. The van der Waals surface area contributed by atoms with Gasteiger partial charge in [-0.3, -0.25) is 4.79 Å². The second-order valence-electron chi connectivity index (χ2n) is 4.27. The van der Waals surface area contributed by atoms with Gasteiger partial charge in [0, 0.05) is 10.1 Å². The fourth-order valence-electron chi connectivity index (χ4n) is 1.80. The molecule has 18 heavy (non-hydrogen) atoms. The predicted molar refractivity (Wildman–Crippen MR) is 61.4 cm³/mol. The number of aliphatic carboxylic acids is 1.